The smallest absolute Gasteiger partial charge is 0.414 e. The normalized spacial score (nSPS) is 15.8. The van der Waals surface area contributed by atoms with E-state index >= 15 is 0 Å². The molecular formula is C16H25N3O5. The van der Waals surface area contributed by atoms with Crippen molar-refractivity contribution in [2.24, 2.45) is 5.73 Å². The number of nitrogens with zero attached hydrogens (tertiary/aromatic N) is 2. The van der Waals surface area contributed by atoms with Gasteiger partial charge in [-0.05, 0) is 17.7 Å². The van der Waals surface area contributed by atoms with Crippen LogP contribution in [0, 0.1) is 0 Å². The first kappa shape index (κ1) is 19.9. The molecule has 1 aromatic rings. The van der Waals surface area contributed by atoms with Gasteiger partial charge in [0.1, 0.15) is 0 Å². The van der Waals surface area contributed by atoms with E-state index in [0.717, 1.165) is 26.3 Å². The number of aliphatic carboxylic acids is 2. The number of nitrogens with two attached hydrogens (primary N) is 1. The molecule has 0 bridgehead atoms. The molecule has 1 unspecified atom stereocenters. The predicted molar refractivity (Wildman–Crippen MR) is 90.2 cm³/mol. The van der Waals surface area contributed by atoms with Crippen LogP contribution >= 0.6 is 0 Å². The predicted octanol–water partition coefficient (Wildman–Crippen LogP) is 0.240. The molecule has 0 radical (unpaired) electrons. The first-order valence-electron chi connectivity index (χ1n) is 7.62. The van der Waals surface area contributed by atoms with E-state index < -0.39 is 11.9 Å². The van der Waals surface area contributed by atoms with Crippen LogP contribution < -0.4 is 10.6 Å². The van der Waals surface area contributed by atoms with E-state index in [4.69, 9.17) is 30.3 Å². The van der Waals surface area contributed by atoms with E-state index in [1.54, 1.807) is 0 Å². The number of anilines is 1. The van der Waals surface area contributed by atoms with E-state index in [0.29, 0.717) is 12.6 Å². The molecule has 0 amide bonds. The van der Waals surface area contributed by atoms with Gasteiger partial charge in [-0.25, -0.2) is 9.59 Å². The molecule has 4 N–H and O–H groups in total. The lowest BCUT2D eigenvalue weighted by atomic mass is 10.0. The molecule has 0 spiro atoms. The highest BCUT2D eigenvalue weighted by Gasteiger charge is 2.21. The van der Waals surface area contributed by atoms with Crippen molar-refractivity contribution < 1.29 is 24.5 Å². The van der Waals surface area contributed by atoms with Gasteiger partial charge in [-0.15, -0.1) is 0 Å². The van der Waals surface area contributed by atoms with Gasteiger partial charge in [-0.2, -0.15) is 0 Å². The van der Waals surface area contributed by atoms with Crippen molar-refractivity contribution in [1.29, 1.82) is 0 Å². The fourth-order valence-corrected chi connectivity index (χ4v) is 2.38. The average Bonchev–Trinajstić information content (AvgIpc) is 2.57. The zero-order chi connectivity index (χ0) is 18.1. The monoisotopic (exact) mass is 339 g/mol. The second-order valence-electron chi connectivity index (χ2n) is 5.50. The molecule has 0 aromatic heterocycles. The molecule has 1 atom stereocenters. The van der Waals surface area contributed by atoms with Gasteiger partial charge in [0.25, 0.3) is 0 Å². The maximum absolute atomic E-state index is 9.10. The summed E-state index contributed by atoms with van der Waals surface area (Å²) in [6, 6.07) is 8.98. The molecule has 24 heavy (non-hydrogen) atoms. The van der Waals surface area contributed by atoms with Gasteiger partial charge in [0.2, 0.25) is 0 Å². The molecule has 1 aliphatic heterocycles. The van der Waals surface area contributed by atoms with Gasteiger partial charge in [0.05, 0.1) is 13.2 Å². The van der Waals surface area contributed by atoms with E-state index in [1.165, 1.54) is 11.3 Å². The summed E-state index contributed by atoms with van der Waals surface area (Å²) >= 11 is 0. The van der Waals surface area contributed by atoms with Crippen LogP contribution in [0.25, 0.3) is 0 Å². The third kappa shape index (κ3) is 6.15. The number of carboxylic acids is 2. The van der Waals surface area contributed by atoms with Crippen molar-refractivity contribution in [1.82, 2.24) is 4.90 Å². The van der Waals surface area contributed by atoms with Gasteiger partial charge in [-0.3, -0.25) is 4.90 Å². The highest BCUT2D eigenvalue weighted by molar-refractivity contribution is 6.27. The number of carboxylic acid groups (broad SMARTS) is 2. The minimum atomic E-state index is -1.82. The summed E-state index contributed by atoms with van der Waals surface area (Å²) in [5.74, 6) is -3.65. The van der Waals surface area contributed by atoms with Crippen LogP contribution in [0.1, 0.15) is 11.6 Å². The SMILES string of the molecule is CN(C)c1ccc(C(CN)N2CCOCC2)cc1.O=C(O)C(=O)O. The number of benzene rings is 1. The Labute approximate surface area is 141 Å². The molecule has 1 aliphatic rings. The summed E-state index contributed by atoms with van der Waals surface area (Å²) in [6.07, 6.45) is 0. The molecule has 1 fully saturated rings. The maximum atomic E-state index is 9.10. The second kappa shape index (κ2) is 9.86. The van der Waals surface area contributed by atoms with Crippen molar-refractivity contribution in [3.63, 3.8) is 0 Å². The lowest BCUT2D eigenvalue weighted by molar-refractivity contribution is -0.159. The Kier molecular flexibility index (Phi) is 8.17. The van der Waals surface area contributed by atoms with E-state index in [2.05, 4.69) is 48.2 Å². The zero-order valence-corrected chi connectivity index (χ0v) is 14.0. The van der Waals surface area contributed by atoms with E-state index in [-0.39, 0.29) is 0 Å². The first-order valence-corrected chi connectivity index (χ1v) is 7.62. The second-order valence-corrected chi connectivity index (χ2v) is 5.50. The maximum Gasteiger partial charge on any atom is 0.414 e. The topological polar surface area (TPSA) is 116 Å². The van der Waals surface area contributed by atoms with Crippen LogP contribution in [-0.4, -0.2) is 74.0 Å². The van der Waals surface area contributed by atoms with Gasteiger partial charge in [0, 0.05) is 45.5 Å². The molecule has 8 nitrogen and oxygen atoms in total. The molecule has 1 saturated heterocycles. The van der Waals surface area contributed by atoms with Crippen molar-refractivity contribution in [3.05, 3.63) is 29.8 Å². The Morgan fingerprint density at radius 2 is 1.67 bits per heavy atom. The van der Waals surface area contributed by atoms with Crippen molar-refractivity contribution >= 4 is 17.6 Å². The molecule has 0 aliphatic carbocycles. The number of hydrogen-bond acceptors (Lipinski definition) is 6. The van der Waals surface area contributed by atoms with Crippen molar-refractivity contribution in [2.45, 2.75) is 6.04 Å². The van der Waals surface area contributed by atoms with E-state index in [1.807, 2.05) is 0 Å². The first-order chi connectivity index (χ1) is 11.4. The summed E-state index contributed by atoms with van der Waals surface area (Å²) in [5, 5.41) is 14.8. The summed E-state index contributed by atoms with van der Waals surface area (Å²) in [7, 11) is 4.11. The highest BCUT2D eigenvalue weighted by atomic mass is 16.5. The van der Waals surface area contributed by atoms with Crippen LogP contribution in [0.15, 0.2) is 24.3 Å². The third-order valence-corrected chi connectivity index (χ3v) is 3.69. The molecule has 1 aromatic carbocycles. The molecule has 134 valence electrons. The number of morpholine rings is 1. The standard InChI is InChI=1S/C14H23N3O.C2H2O4/c1-16(2)13-5-3-12(4-6-13)14(11-15)17-7-9-18-10-8-17;3-1(4)2(5)6/h3-6,14H,7-11,15H2,1-2H3;(H,3,4)(H,5,6). The number of hydrogen-bond donors (Lipinski definition) is 3. The number of rotatable bonds is 4. The van der Waals surface area contributed by atoms with Crippen LogP contribution in [0.5, 0.6) is 0 Å². The quantitative estimate of drug-likeness (QED) is 0.668. The molecular weight excluding hydrogens is 314 g/mol. The summed E-state index contributed by atoms with van der Waals surface area (Å²) in [5.41, 5.74) is 8.46. The minimum Gasteiger partial charge on any atom is -0.473 e. The number of ether oxygens (including phenoxy) is 1. The average molecular weight is 339 g/mol. The lowest BCUT2D eigenvalue weighted by Gasteiger charge is -2.34. The third-order valence-electron chi connectivity index (χ3n) is 3.69. The Balaban J connectivity index is 0.000000413. The highest BCUT2D eigenvalue weighted by Crippen LogP contribution is 2.23. The van der Waals surface area contributed by atoms with Gasteiger partial charge in [0.15, 0.2) is 0 Å². The molecule has 0 saturated carbocycles. The van der Waals surface area contributed by atoms with Crippen molar-refractivity contribution in [3.8, 4) is 0 Å². The van der Waals surface area contributed by atoms with Crippen LogP contribution in [0.2, 0.25) is 0 Å². The van der Waals surface area contributed by atoms with Gasteiger partial charge >= 0.3 is 11.9 Å². The van der Waals surface area contributed by atoms with Crippen LogP contribution in [-0.2, 0) is 14.3 Å². The van der Waals surface area contributed by atoms with Crippen LogP contribution in [0.3, 0.4) is 0 Å². The van der Waals surface area contributed by atoms with Crippen LogP contribution in [0.4, 0.5) is 5.69 Å². The summed E-state index contributed by atoms with van der Waals surface area (Å²) < 4.78 is 5.39. The lowest BCUT2D eigenvalue weighted by Crippen LogP contribution is -2.41. The molecule has 1 heterocycles. The fourth-order valence-electron chi connectivity index (χ4n) is 2.38. The fraction of sp³-hybridized carbons (Fsp3) is 0.500. The Hall–Kier alpha value is -2.16. The van der Waals surface area contributed by atoms with Gasteiger partial charge < -0.3 is 25.6 Å². The largest absolute Gasteiger partial charge is 0.473 e. The molecule has 2 rings (SSSR count). The summed E-state index contributed by atoms with van der Waals surface area (Å²) in [6.45, 7) is 4.22. The van der Waals surface area contributed by atoms with E-state index in [9.17, 15) is 0 Å². The Bertz CT molecular complexity index is 515. The van der Waals surface area contributed by atoms with Gasteiger partial charge in [-0.1, -0.05) is 12.1 Å². The zero-order valence-electron chi connectivity index (χ0n) is 14.0. The summed E-state index contributed by atoms with van der Waals surface area (Å²) in [4.78, 5) is 22.7. The Morgan fingerprint density at radius 3 is 2.04 bits per heavy atom. The Morgan fingerprint density at radius 1 is 1.17 bits per heavy atom. The minimum absolute atomic E-state index is 0.310. The molecule has 8 heteroatoms. The number of carbonyl (C=O) groups is 2. The van der Waals surface area contributed by atoms with Crippen molar-refractivity contribution in [2.75, 3.05) is 51.8 Å².